The van der Waals surface area contributed by atoms with Gasteiger partial charge in [-0.25, -0.2) is 12.8 Å². The number of nitrogens with two attached hydrogens (primary N) is 1. The fourth-order valence-corrected chi connectivity index (χ4v) is 5.93. The molecular weight excluding hydrogens is 470 g/mol. The number of carbonyl (C=O) groups is 3. The molecule has 33 heavy (non-hydrogen) atoms. The zero-order chi connectivity index (χ0) is 24.7. The van der Waals surface area contributed by atoms with Gasteiger partial charge in [-0.05, 0) is 43.9 Å². The molecule has 0 bridgehead atoms. The third kappa shape index (κ3) is 5.18. The Balaban J connectivity index is 1.94. The molecule has 3 atom stereocenters. The van der Waals surface area contributed by atoms with Gasteiger partial charge in [0.15, 0.2) is 9.84 Å². The first-order chi connectivity index (χ1) is 15.3. The summed E-state index contributed by atoms with van der Waals surface area (Å²) in [6, 6.07) is -1.37. The molecule has 13 heteroatoms. The number of primary amides is 1. The number of hydrogen-bond donors (Lipinski definition) is 2. The molecule has 3 rings (SSSR count). The van der Waals surface area contributed by atoms with E-state index in [1.54, 1.807) is 6.92 Å². The SMILES string of the molecule is CC[C@@H](C(=O)C(=O)NC1CC1)N1CC(S(=O)(=O)c2ccc(F)cc2C(F)(F)F)CC1C(N)=O. The topological polar surface area (TPSA) is 127 Å². The number of amides is 2. The van der Waals surface area contributed by atoms with Crippen molar-refractivity contribution in [3.8, 4) is 0 Å². The van der Waals surface area contributed by atoms with Crippen LogP contribution in [0.15, 0.2) is 23.1 Å². The van der Waals surface area contributed by atoms with Crippen LogP contribution in [-0.2, 0) is 30.4 Å². The number of nitrogens with zero attached hydrogens (tertiary/aromatic N) is 1. The highest BCUT2D eigenvalue weighted by Gasteiger charge is 2.49. The number of likely N-dealkylation sites (tertiary alicyclic amines) is 1. The zero-order valence-corrected chi connectivity index (χ0v) is 18.4. The fourth-order valence-electron chi connectivity index (χ4n) is 4.03. The zero-order valence-electron chi connectivity index (χ0n) is 17.6. The lowest BCUT2D eigenvalue weighted by Crippen LogP contribution is -2.52. The Kier molecular flexibility index (Phi) is 6.85. The second-order valence-corrected chi connectivity index (χ2v) is 10.4. The smallest absolute Gasteiger partial charge is 0.368 e. The quantitative estimate of drug-likeness (QED) is 0.318. The number of alkyl halides is 3. The lowest BCUT2D eigenvalue weighted by molar-refractivity contribution is -0.142. The van der Waals surface area contributed by atoms with Crippen molar-refractivity contribution in [3.63, 3.8) is 0 Å². The first-order valence-electron chi connectivity index (χ1n) is 10.3. The van der Waals surface area contributed by atoms with Crippen LogP contribution in [0.2, 0.25) is 0 Å². The second kappa shape index (κ2) is 9.01. The molecule has 2 unspecified atom stereocenters. The monoisotopic (exact) mass is 493 g/mol. The maximum Gasteiger partial charge on any atom is 0.417 e. The van der Waals surface area contributed by atoms with E-state index in [0.717, 1.165) is 17.7 Å². The van der Waals surface area contributed by atoms with Crippen molar-refractivity contribution in [1.82, 2.24) is 10.2 Å². The highest BCUT2D eigenvalue weighted by atomic mass is 32.2. The molecule has 2 fully saturated rings. The van der Waals surface area contributed by atoms with Gasteiger partial charge < -0.3 is 11.1 Å². The average Bonchev–Trinajstić information content (AvgIpc) is 3.41. The molecule has 0 spiro atoms. The number of benzene rings is 1. The summed E-state index contributed by atoms with van der Waals surface area (Å²) < 4.78 is 79.9. The van der Waals surface area contributed by atoms with Crippen molar-refractivity contribution in [2.75, 3.05) is 6.54 Å². The highest BCUT2D eigenvalue weighted by molar-refractivity contribution is 7.92. The molecule has 2 aliphatic rings. The van der Waals surface area contributed by atoms with Gasteiger partial charge in [-0.2, -0.15) is 13.2 Å². The van der Waals surface area contributed by atoms with Crippen molar-refractivity contribution < 1.29 is 40.4 Å². The minimum Gasteiger partial charge on any atom is -0.368 e. The number of nitrogens with one attached hydrogen (secondary N) is 1. The molecule has 1 aliphatic heterocycles. The number of Topliss-reactive ketones (excluding diaryl/α,β-unsaturated/α-hetero) is 1. The van der Waals surface area contributed by atoms with Crippen LogP contribution in [-0.4, -0.2) is 60.8 Å². The number of carbonyl (C=O) groups excluding carboxylic acids is 3. The number of rotatable bonds is 8. The van der Waals surface area contributed by atoms with Crippen LogP contribution in [0.4, 0.5) is 17.6 Å². The lowest BCUT2D eigenvalue weighted by atomic mass is 10.1. The van der Waals surface area contributed by atoms with Crippen molar-refractivity contribution in [2.24, 2.45) is 5.73 Å². The molecule has 182 valence electrons. The molecule has 0 radical (unpaired) electrons. The number of ketones is 1. The minimum absolute atomic E-state index is 0.0395. The minimum atomic E-state index is -5.14. The van der Waals surface area contributed by atoms with Crippen LogP contribution < -0.4 is 11.1 Å². The first-order valence-corrected chi connectivity index (χ1v) is 11.8. The molecule has 2 amide bonds. The van der Waals surface area contributed by atoms with Gasteiger partial charge in [0.1, 0.15) is 5.82 Å². The van der Waals surface area contributed by atoms with Gasteiger partial charge in [-0.15, -0.1) is 0 Å². The van der Waals surface area contributed by atoms with E-state index in [4.69, 9.17) is 5.73 Å². The van der Waals surface area contributed by atoms with Crippen LogP contribution in [0, 0.1) is 5.82 Å². The lowest BCUT2D eigenvalue weighted by Gasteiger charge is -2.29. The molecule has 0 aromatic heterocycles. The third-order valence-electron chi connectivity index (χ3n) is 5.85. The summed E-state index contributed by atoms with van der Waals surface area (Å²) in [6.45, 7) is 1.06. The Bertz CT molecular complexity index is 1070. The largest absolute Gasteiger partial charge is 0.417 e. The van der Waals surface area contributed by atoms with Crippen molar-refractivity contribution >= 4 is 27.4 Å². The standard InChI is InChI=1S/C20H23F4N3O5S/c1-2-14(17(28)19(30)26-11-4-5-11)27-9-12(8-15(27)18(25)29)33(31,32)16-6-3-10(21)7-13(16)20(22,23)24/h3,6-7,11-12,14-15H,2,4-5,8-9H2,1H3,(H2,25,29)(H,26,30)/t12?,14-,15?/m0/s1. The van der Waals surface area contributed by atoms with Crippen molar-refractivity contribution in [1.29, 1.82) is 0 Å². The molecule has 1 saturated heterocycles. The van der Waals surface area contributed by atoms with E-state index < -0.39 is 80.2 Å². The molecule has 1 saturated carbocycles. The van der Waals surface area contributed by atoms with Gasteiger partial charge in [0.2, 0.25) is 11.7 Å². The van der Waals surface area contributed by atoms with Gasteiger partial charge >= 0.3 is 6.18 Å². The molecule has 1 heterocycles. The predicted molar refractivity (Wildman–Crippen MR) is 107 cm³/mol. The summed E-state index contributed by atoms with van der Waals surface area (Å²) in [6.07, 6.45) is -4.13. The maximum absolute atomic E-state index is 13.4. The molecular formula is C20H23F4N3O5S. The summed E-state index contributed by atoms with van der Waals surface area (Å²) in [5, 5.41) is 0.990. The third-order valence-corrected chi connectivity index (χ3v) is 8.04. The highest BCUT2D eigenvalue weighted by Crippen LogP contribution is 2.38. The van der Waals surface area contributed by atoms with Crippen LogP contribution in [0.5, 0.6) is 0 Å². The molecule has 1 aromatic carbocycles. The Morgan fingerprint density at radius 2 is 1.88 bits per heavy atom. The van der Waals surface area contributed by atoms with Crippen LogP contribution in [0.3, 0.4) is 0 Å². The van der Waals surface area contributed by atoms with E-state index in [9.17, 15) is 40.4 Å². The van der Waals surface area contributed by atoms with E-state index in [-0.39, 0.29) is 18.5 Å². The Morgan fingerprint density at radius 1 is 1.24 bits per heavy atom. The van der Waals surface area contributed by atoms with E-state index in [0.29, 0.717) is 12.1 Å². The number of hydrogen-bond acceptors (Lipinski definition) is 6. The predicted octanol–water partition coefficient (Wildman–Crippen LogP) is 1.17. The second-order valence-electron chi connectivity index (χ2n) is 8.19. The summed E-state index contributed by atoms with van der Waals surface area (Å²) >= 11 is 0. The molecule has 3 N–H and O–H groups in total. The normalized spacial score (nSPS) is 22.7. The van der Waals surface area contributed by atoms with Gasteiger partial charge in [-0.1, -0.05) is 6.92 Å². The van der Waals surface area contributed by atoms with Crippen molar-refractivity contribution in [3.05, 3.63) is 29.6 Å². The fraction of sp³-hybridized carbons (Fsp3) is 0.550. The Labute approximate surface area is 187 Å². The molecule has 1 aromatic rings. The van der Waals surface area contributed by atoms with Gasteiger partial charge in [0.25, 0.3) is 5.91 Å². The van der Waals surface area contributed by atoms with E-state index in [1.165, 1.54) is 0 Å². The van der Waals surface area contributed by atoms with E-state index in [1.807, 2.05) is 0 Å². The Morgan fingerprint density at radius 3 is 2.39 bits per heavy atom. The summed E-state index contributed by atoms with van der Waals surface area (Å²) in [4.78, 5) is 37.0. The number of halogens is 4. The maximum atomic E-state index is 13.4. The summed E-state index contributed by atoms with van der Waals surface area (Å²) in [5.74, 6) is -4.00. The van der Waals surface area contributed by atoms with Gasteiger partial charge in [0.05, 0.1) is 27.8 Å². The average molecular weight is 493 g/mol. The molecule has 8 nitrogen and oxygen atoms in total. The van der Waals surface area contributed by atoms with Crippen LogP contribution in [0.25, 0.3) is 0 Å². The Hall–Kier alpha value is -2.54. The first kappa shape index (κ1) is 25.1. The summed E-state index contributed by atoms with van der Waals surface area (Å²) in [5.41, 5.74) is 3.73. The van der Waals surface area contributed by atoms with Crippen LogP contribution in [0.1, 0.15) is 38.2 Å². The van der Waals surface area contributed by atoms with Gasteiger partial charge in [0, 0.05) is 12.6 Å². The van der Waals surface area contributed by atoms with Gasteiger partial charge in [-0.3, -0.25) is 19.3 Å². The number of sulfone groups is 1. The summed E-state index contributed by atoms with van der Waals surface area (Å²) in [7, 11) is -4.71. The van der Waals surface area contributed by atoms with E-state index >= 15 is 0 Å². The van der Waals surface area contributed by atoms with Crippen LogP contribution >= 0.6 is 0 Å². The van der Waals surface area contributed by atoms with Crippen molar-refractivity contribution in [2.45, 2.75) is 67.1 Å². The molecule has 1 aliphatic carbocycles. The van der Waals surface area contributed by atoms with E-state index in [2.05, 4.69) is 5.32 Å².